The van der Waals surface area contributed by atoms with E-state index in [4.69, 9.17) is 5.11 Å². The highest BCUT2D eigenvalue weighted by molar-refractivity contribution is 5.66. The van der Waals surface area contributed by atoms with Gasteiger partial charge in [-0.25, -0.2) is 9.67 Å². The first kappa shape index (κ1) is 14.6. The van der Waals surface area contributed by atoms with Gasteiger partial charge in [-0.1, -0.05) is 6.07 Å². The maximum absolute atomic E-state index is 11.0. The molecule has 3 rings (SSSR count). The zero-order chi connectivity index (χ0) is 15.5. The van der Waals surface area contributed by atoms with Gasteiger partial charge < -0.3 is 5.11 Å². The Bertz CT molecular complexity index is 651. The van der Waals surface area contributed by atoms with Gasteiger partial charge in [0.05, 0.1) is 12.2 Å². The van der Waals surface area contributed by atoms with Gasteiger partial charge in [0.25, 0.3) is 0 Å². The van der Waals surface area contributed by atoms with Gasteiger partial charge in [0.2, 0.25) is 0 Å². The van der Waals surface area contributed by atoms with Crippen LogP contribution in [0, 0.1) is 0 Å². The largest absolute Gasteiger partial charge is 0.480 e. The first-order valence-electron chi connectivity index (χ1n) is 7.35. The minimum absolute atomic E-state index is 0.146. The molecule has 116 valence electrons. The van der Waals surface area contributed by atoms with Crippen molar-refractivity contribution in [3.63, 3.8) is 0 Å². The Kier molecular flexibility index (Phi) is 4.15. The lowest BCUT2D eigenvalue weighted by atomic mass is 10.3. The van der Waals surface area contributed by atoms with Crippen molar-refractivity contribution in [1.29, 1.82) is 0 Å². The topological polar surface area (TPSA) is 84.1 Å². The molecule has 1 fully saturated rings. The second-order valence-corrected chi connectivity index (χ2v) is 5.71. The smallest absolute Gasteiger partial charge is 0.325 e. The third-order valence-corrected chi connectivity index (χ3v) is 3.56. The van der Waals surface area contributed by atoms with Crippen molar-refractivity contribution in [2.24, 2.45) is 0 Å². The molecule has 0 aromatic carbocycles. The van der Waals surface area contributed by atoms with Crippen LogP contribution in [0.4, 0.5) is 0 Å². The van der Waals surface area contributed by atoms with Crippen LogP contribution >= 0.6 is 0 Å². The van der Waals surface area contributed by atoms with E-state index >= 15 is 0 Å². The molecule has 7 heteroatoms. The van der Waals surface area contributed by atoms with Crippen molar-refractivity contribution in [3.8, 4) is 0 Å². The Morgan fingerprint density at radius 1 is 1.41 bits per heavy atom. The number of carboxylic acid groups (broad SMARTS) is 1. The molecule has 22 heavy (non-hydrogen) atoms. The lowest BCUT2D eigenvalue weighted by Crippen LogP contribution is -2.22. The van der Waals surface area contributed by atoms with Gasteiger partial charge in [0, 0.05) is 18.7 Å². The molecule has 0 atom stereocenters. The normalized spacial score (nSPS) is 14.5. The molecule has 0 saturated heterocycles. The number of rotatable bonds is 7. The fourth-order valence-electron chi connectivity index (χ4n) is 2.35. The van der Waals surface area contributed by atoms with Gasteiger partial charge in [0.15, 0.2) is 5.82 Å². The van der Waals surface area contributed by atoms with Crippen LogP contribution in [0.3, 0.4) is 0 Å². The van der Waals surface area contributed by atoms with Crippen molar-refractivity contribution in [2.75, 3.05) is 7.05 Å². The highest BCUT2D eigenvalue weighted by Crippen LogP contribution is 2.38. The van der Waals surface area contributed by atoms with E-state index in [9.17, 15) is 4.79 Å². The fraction of sp³-hybridized carbons (Fsp3) is 0.467. The molecule has 2 aromatic heterocycles. The monoisotopic (exact) mass is 301 g/mol. The van der Waals surface area contributed by atoms with Crippen LogP contribution in [0.1, 0.15) is 36.1 Å². The lowest BCUT2D eigenvalue weighted by molar-refractivity contribution is -0.138. The number of nitrogens with zero attached hydrogens (tertiary/aromatic N) is 5. The molecule has 1 aliphatic rings. The average Bonchev–Trinajstić information content (AvgIpc) is 3.24. The Hall–Kier alpha value is -2.28. The minimum atomic E-state index is -0.902. The third-order valence-electron chi connectivity index (χ3n) is 3.56. The summed E-state index contributed by atoms with van der Waals surface area (Å²) in [6, 6.07) is 5.80. The number of carbonyl (C=O) groups is 1. The zero-order valence-electron chi connectivity index (χ0n) is 12.5. The summed E-state index contributed by atoms with van der Waals surface area (Å²) < 4.78 is 1.50. The molecular weight excluding hydrogens is 282 g/mol. The highest BCUT2D eigenvalue weighted by Gasteiger charge is 2.29. The summed E-state index contributed by atoms with van der Waals surface area (Å²) in [5.41, 5.74) is 0.969. The van der Waals surface area contributed by atoms with E-state index < -0.39 is 5.97 Å². The molecule has 0 amide bonds. The molecule has 0 bridgehead atoms. The maximum Gasteiger partial charge on any atom is 0.325 e. The van der Waals surface area contributed by atoms with Crippen LogP contribution in [0.5, 0.6) is 0 Å². The van der Waals surface area contributed by atoms with E-state index in [1.165, 1.54) is 4.68 Å². The quantitative estimate of drug-likeness (QED) is 0.829. The van der Waals surface area contributed by atoms with Crippen LogP contribution < -0.4 is 0 Å². The summed E-state index contributed by atoms with van der Waals surface area (Å²) in [5.74, 6) is 0.987. The van der Waals surface area contributed by atoms with E-state index in [0.29, 0.717) is 24.8 Å². The van der Waals surface area contributed by atoms with Crippen molar-refractivity contribution in [1.82, 2.24) is 24.6 Å². The molecule has 1 N–H and O–H groups in total. The van der Waals surface area contributed by atoms with Crippen molar-refractivity contribution < 1.29 is 9.90 Å². The van der Waals surface area contributed by atoms with E-state index in [1.54, 1.807) is 6.20 Å². The van der Waals surface area contributed by atoms with Crippen LogP contribution in [0.2, 0.25) is 0 Å². The molecule has 7 nitrogen and oxygen atoms in total. The predicted octanol–water partition coefficient (Wildman–Crippen LogP) is 1.27. The molecule has 0 radical (unpaired) electrons. The van der Waals surface area contributed by atoms with E-state index in [1.807, 2.05) is 25.2 Å². The average molecular weight is 301 g/mol. The summed E-state index contributed by atoms with van der Waals surface area (Å²) in [4.78, 5) is 21.9. The third kappa shape index (κ3) is 3.67. The second-order valence-electron chi connectivity index (χ2n) is 5.71. The van der Waals surface area contributed by atoms with E-state index in [2.05, 4.69) is 20.0 Å². The Balaban J connectivity index is 1.71. The molecule has 1 aliphatic carbocycles. The maximum atomic E-state index is 11.0. The first-order chi connectivity index (χ1) is 10.6. The summed E-state index contributed by atoms with van der Waals surface area (Å²) in [6.45, 7) is 1.08. The number of carboxylic acids is 1. The van der Waals surface area contributed by atoms with Gasteiger partial charge in [-0.2, -0.15) is 5.10 Å². The predicted molar refractivity (Wildman–Crippen MR) is 79.0 cm³/mol. The molecule has 0 spiro atoms. The summed E-state index contributed by atoms with van der Waals surface area (Å²) in [7, 11) is 1.96. The number of hydrogen-bond acceptors (Lipinski definition) is 5. The van der Waals surface area contributed by atoms with Gasteiger partial charge in [0.1, 0.15) is 12.4 Å². The van der Waals surface area contributed by atoms with E-state index in [-0.39, 0.29) is 6.54 Å². The van der Waals surface area contributed by atoms with Crippen LogP contribution in [0.15, 0.2) is 24.4 Å². The molecule has 2 heterocycles. The van der Waals surface area contributed by atoms with Crippen LogP contribution in [-0.4, -0.2) is 42.8 Å². The SMILES string of the molecule is CN(Cc1ccccn1)Cc1nc(C2CC2)nn1CC(=O)O. The summed E-state index contributed by atoms with van der Waals surface area (Å²) in [5, 5.41) is 13.4. The van der Waals surface area contributed by atoms with Gasteiger partial charge in [-0.15, -0.1) is 0 Å². The van der Waals surface area contributed by atoms with Gasteiger partial charge in [-0.05, 0) is 32.0 Å². The van der Waals surface area contributed by atoms with Gasteiger partial charge >= 0.3 is 5.97 Å². The lowest BCUT2D eigenvalue weighted by Gasteiger charge is -2.15. The Labute approximate surface area is 128 Å². The summed E-state index contributed by atoms with van der Waals surface area (Å²) in [6.07, 6.45) is 3.96. The molecule has 0 unspecified atom stereocenters. The van der Waals surface area contributed by atoms with E-state index in [0.717, 1.165) is 24.4 Å². The van der Waals surface area contributed by atoms with Crippen LogP contribution in [0.25, 0.3) is 0 Å². The fourth-order valence-corrected chi connectivity index (χ4v) is 2.35. The van der Waals surface area contributed by atoms with Crippen molar-refractivity contribution >= 4 is 5.97 Å². The highest BCUT2D eigenvalue weighted by atomic mass is 16.4. The molecule has 0 aliphatic heterocycles. The second kappa shape index (κ2) is 6.23. The molecule has 2 aromatic rings. The first-order valence-corrected chi connectivity index (χ1v) is 7.35. The molecule has 1 saturated carbocycles. The number of hydrogen-bond donors (Lipinski definition) is 1. The zero-order valence-corrected chi connectivity index (χ0v) is 12.5. The minimum Gasteiger partial charge on any atom is -0.480 e. The summed E-state index contributed by atoms with van der Waals surface area (Å²) >= 11 is 0. The standard InChI is InChI=1S/C15H19N5O2/c1-19(8-12-4-2-3-7-16-12)9-13-17-15(11-5-6-11)18-20(13)10-14(21)22/h2-4,7,11H,5-6,8-10H2,1H3,(H,21,22). The molecular formula is C15H19N5O2. The van der Waals surface area contributed by atoms with Crippen LogP contribution in [-0.2, 0) is 24.4 Å². The number of aromatic nitrogens is 4. The van der Waals surface area contributed by atoms with Crippen molar-refractivity contribution in [2.45, 2.75) is 38.4 Å². The number of aliphatic carboxylic acids is 1. The van der Waals surface area contributed by atoms with Gasteiger partial charge in [-0.3, -0.25) is 14.7 Å². The van der Waals surface area contributed by atoms with Crippen molar-refractivity contribution in [3.05, 3.63) is 41.7 Å². The Morgan fingerprint density at radius 2 is 2.23 bits per heavy atom. The Morgan fingerprint density at radius 3 is 2.86 bits per heavy atom. The number of pyridine rings is 1.